The zero-order valence-corrected chi connectivity index (χ0v) is 16.8. The van der Waals surface area contributed by atoms with Crippen molar-refractivity contribution >= 4 is 29.4 Å². The molecule has 0 radical (unpaired) electrons. The molecule has 1 N–H and O–H groups in total. The van der Waals surface area contributed by atoms with E-state index in [-0.39, 0.29) is 23.5 Å². The highest BCUT2D eigenvalue weighted by Gasteiger charge is 2.35. The molecule has 0 bridgehead atoms. The van der Waals surface area contributed by atoms with Crippen molar-refractivity contribution in [1.82, 2.24) is 15.2 Å². The molecule has 1 fully saturated rings. The summed E-state index contributed by atoms with van der Waals surface area (Å²) in [6.07, 6.45) is -1.16. The SMILES string of the molecule is COC(=O)C1=C(CN2CCO[C@H](/C=C/C=O)C2)NC(c2nc(C(F)(F)F)cs2)=NC1. The summed E-state index contributed by atoms with van der Waals surface area (Å²) in [6, 6.07) is 0. The number of morpholine rings is 1. The molecule has 1 saturated heterocycles. The molecule has 12 heteroatoms. The summed E-state index contributed by atoms with van der Waals surface area (Å²) in [6.45, 7) is 1.75. The molecule has 1 aromatic rings. The zero-order valence-electron chi connectivity index (χ0n) is 15.9. The minimum Gasteiger partial charge on any atom is -0.466 e. The summed E-state index contributed by atoms with van der Waals surface area (Å²) in [5.41, 5.74) is -0.217. The number of hydrogen-bond acceptors (Lipinski definition) is 9. The Bertz CT molecular complexity index is 894. The van der Waals surface area contributed by atoms with Gasteiger partial charge in [-0.1, -0.05) is 6.08 Å². The average molecular weight is 444 g/mol. The van der Waals surface area contributed by atoms with Crippen LogP contribution in [0.2, 0.25) is 0 Å². The number of carbonyl (C=O) groups excluding carboxylic acids is 2. The molecule has 0 aliphatic carbocycles. The van der Waals surface area contributed by atoms with Gasteiger partial charge < -0.3 is 14.8 Å². The number of thiazole rings is 1. The highest BCUT2D eigenvalue weighted by atomic mass is 32.1. The van der Waals surface area contributed by atoms with Gasteiger partial charge >= 0.3 is 12.1 Å². The quantitative estimate of drug-likeness (QED) is 0.403. The number of nitrogens with one attached hydrogen (secondary N) is 1. The first kappa shape index (κ1) is 22.1. The molecule has 3 heterocycles. The van der Waals surface area contributed by atoms with E-state index in [0.29, 0.717) is 43.8 Å². The van der Waals surface area contributed by atoms with Gasteiger partial charge in [0.25, 0.3) is 0 Å². The number of nitrogens with zero attached hydrogens (tertiary/aromatic N) is 3. The maximum Gasteiger partial charge on any atom is 0.434 e. The average Bonchev–Trinajstić information content (AvgIpc) is 3.23. The number of amidine groups is 1. The third kappa shape index (κ3) is 5.32. The predicted octanol–water partition coefficient (Wildman–Crippen LogP) is 1.39. The van der Waals surface area contributed by atoms with Gasteiger partial charge in [0.05, 0.1) is 31.9 Å². The Morgan fingerprint density at radius 1 is 1.50 bits per heavy atom. The number of esters is 1. The fourth-order valence-electron chi connectivity index (χ4n) is 2.98. The van der Waals surface area contributed by atoms with Gasteiger partial charge in [-0.2, -0.15) is 13.2 Å². The molecule has 162 valence electrons. The van der Waals surface area contributed by atoms with E-state index in [4.69, 9.17) is 9.47 Å². The molecule has 3 rings (SSSR count). The monoisotopic (exact) mass is 444 g/mol. The summed E-state index contributed by atoms with van der Waals surface area (Å²) in [7, 11) is 1.25. The standard InChI is InChI=1S/C18H19F3N4O4S/c1-28-17(27)12-7-22-15(16-24-14(10-30-16)18(19,20)21)23-13(12)9-25-4-6-29-11(8-25)3-2-5-26/h2-3,5,10-11H,4,6-9H2,1H3,(H,22,23)/b3-2+/t11-/m1/s1. The lowest BCUT2D eigenvalue weighted by molar-refractivity contribution is -0.140. The number of hydrogen-bond donors (Lipinski definition) is 1. The molecule has 30 heavy (non-hydrogen) atoms. The van der Waals surface area contributed by atoms with Crippen molar-refractivity contribution in [3.8, 4) is 0 Å². The van der Waals surface area contributed by atoms with Crippen LogP contribution < -0.4 is 5.32 Å². The Kier molecular flexibility index (Phi) is 7.00. The molecule has 0 amide bonds. The number of alkyl halides is 3. The largest absolute Gasteiger partial charge is 0.466 e. The summed E-state index contributed by atoms with van der Waals surface area (Å²) in [5, 5.41) is 3.96. The van der Waals surface area contributed by atoms with Crippen molar-refractivity contribution in [2.45, 2.75) is 12.3 Å². The van der Waals surface area contributed by atoms with E-state index >= 15 is 0 Å². The lowest BCUT2D eigenvalue weighted by atomic mass is 10.1. The van der Waals surface area contributed by atoms with Gasteiger partial charge in [-0.15, -0.1) is 11.3 Å². The lowest BCUT2D eigenvalue weighted by Gasteiger charge is -2.33. The van der Waals surface area contributed by atoms with Gasteiger partial charge in [0.1, 0.15) is 6.29 Å². The summed E-state index contributed by atoms with van der Waals surface area (Å²) >= 11 is 0.817. The molecular weight excluding hydrogens is 425 g/mol. The van der Waals surface area contributed by atoms with Gasteiger partial charge in [0.15, 0.2) is 16.5 Å². The number of aromatic nitrogens is 1. The van der Waals surface area contributed by atoms with Gasteiger partial charge in [0, 0.05) is 30.7 Å². The van der Waals surface area contributed by atoms with E-state index < -0.39 is 17.8 Å². The van der Waals surface area contributed by atoms with E-state index in [0.717, 1.165) is 16.7 Å². The Hall–Kier alpha value is -2.57. The van der Waals surface area contributed by atoms with Crippen molar-refractivity contribution in [3.63, 3.8) is 0 Å². The number of allylic oxidation sites excluding steroid dienone is 1. The number of aliphatic imine (C=N–C) groups is 1. The molecule has 0 spiro atoms. The van der Waals surface area contributed by atoms with Crippen molar-refractivity contribution in [3.05, 3.63) is 39.5 Å². The first-order chi connectivity index (χ1) is 14.3. The van der Waals surface area contributed by atoms with Crippen molar-refractivity contribution < 1.29 is 32.2 Å². The summed E-state index contributed by atoms with van der Waals surface area (Å²) in [5.74, 6) is -0.398. The molecule has 8 nitrogen and oxygen atoms in total. The Labute approximate surface area is 174 Å². The van der Waals surface area contributed by atoms with Crippen LogP contribution >= 0.6 is 11.3 Å². The van der Waals surface area contributed by atoms with Gasteiger partial charge in [-0.25, -0.2) is 9.78 Å². The van der Waals surface area contributed by atoms with Crippen LogP contribution in [-0.4, -0.2) is 74.0 Å². The van der Waals surface area contributed by atoms with Crippen LogP contribution in [0.4, 0.5) is 13.2 Å². The molecule has 2 aliphatic rings. The third-order valence-corrected chi connectivity index (χ3v) is 5.27. The van der Waals surface area contributed by atoms with Gasteiger partial charge in [0.2, 0.25) is 0 Å². The second kappa shape index (κ2) is 9.49. The topological polar surface area (TPSA) is 93.1 Å². The van der Waals surface area contributed by atoms with Crippen LogP contribution in [0.5, 0.6) is 0 Å². The van der Waals surface area contributed by atoms with E-state index in [1.54, 1.807) is 6.08 Å². The summed E-state index contributed by atoms with van der Waals surface area (Å²) < 4.78 is 49.0. The molecule has 0 aromatic carbocycles. The van der Waals surface area contributed by atoms with E-state index in [2.05, 4.69) is 15.3 Å². The normalized spacial score (nSPS) is 20.8. The smallest absolute Gasteiger partial charge is 0.434 e. The maximum absolute atomic E-state index is 12.9. The highest BCUT2D eigenvalue weighted by Crippen LogP contribution is 2.30. The van der Waals surface area contributed by atoms with Crippen LogP contribution in [0.3, 0.4) is 0 Å². The molecule has 1 aromatic heterocycles. The zero-order chi connectivity index (χ0) is 21.7. The predicted molar refractivity (Wildman–Crippen MR) is 102 cm³/mol. The molecule has 1 atom stereocenters. The third-order valence-electron chi connectivity index (χ3n) is 4.42. The minimum absolute atomic E-state index is 0.0376. The second-order valence-corrected chi connectivity index (χ2v) is 7.30. The first-order valence-electron chi connectivity index (χ1n) is 8.92. The molecule has 2 aliphatic heterocycles. The Morgan fingerprint density at radius 2 is 2.30 bits per heavy atom. The number of rotatable bonds is 6. The van der Waals surface area contributed by atoms with Crippen LogP contribution in [0.25, 0.3) is 0 Å². The van der Waals surface area contributed by atoms with Crippen molar-refractivity contribution in [2.24, 2.45) is 4.99 Å². The Balaban J connectivity index is 1.78. The first-order valence-corrected chi connectivity index (χ1v) is 9.80. The number of carbonyl (C=O) groups is 2. The molecule has 0 unspecified atom stereocenters. The van der Waals surface area contributed by atoms with Gasteiger partial charge in [-0.05, 0) is 6.08 Å². The van der Waals surface area contributed by atoms with E-state index in [9.17, 15) is 22.8 Å². The number of ether oxygens (including phenoxy) is 2. The van der Waals surface area contributed by atoms with Crippen molar-refractivity contribution in [2.75, 3.05) is 39.9 Å². The van der Waals surface area contributed by atoms with Crippen LogP contribution in [0.1, 0.15) is 10.7 Å². The fourth-order valence-corrected chi connectivity index (χ4v) is 3.76. The van der Waals surface area contributed by atoms with Crippen molar-refractivity contribution in [1.29, 1.82) is 0 Å². The van der Waals surface area contributed by atoms with Crippen LogP contribution in [0, 0.1) is 0 Å². The lowest BCUT2D eigenvalue weighted by Crippen LogP contribution is -2.45. The van der Waals surface area contributed by atoms with Crippen LogP contribution in [-0.2, 0) is 25.2 Å². The second-order valence-electron chi connectivity index (χ2n) is 6.44. The number of methoxy groups -OCH3 is 1. The maximum atomic E-state index is 12.9. The number of aldehydes is 1. The number of halogens is 3. The molecule has 0 saturated carbocycles. The van der Waals surface area contributed by atoms with Gasteiger partial charge in [-0.3, -0.25) is 14.7 Å². The van der Waals surface area contributed by atoms with Crippen LogP contribution in [0.15, 0.2) is 33.8 Å². The van der Waals surface area contributed by atoms with E-state index in [1.807, 2.05) is 4.90 Å². The van der Waals surface area contributed by atoms with E-state index in [1.165, 1.54) is 13.2 Å². The highest BCUT2D eigenvalue weighted by molar-refractivity contribution is 7.11. The Morgan fingerprint density at radius 3 is 2.97 bits per heavy atom. The summed E-state index contributed by atoms with van der Waals surface area (Å²) in [4.78, 5) is 32.5. The fraction of sp³-hybridized carbons (Fsp3) is 0.444. The molecular formula is C18H19F3N4O4S. The minimum atomic E-state index is -4.54.